The zero-order valence-corrected chi connectivity index (χ0v) is 10.8. The van der Waals surface area contributed by atoms with Crippen molar-refractivity contribution in [2.45, 2.75) is 30.7 Å². The van der Waals surface area contributed by atoms with Crippen LogP contribution in [0.1, 0.15) is 0 Å². The van der Waals surface area contributed by atoms with Gasteiger partial charge >= 0.3 is 0 Å². The van der Waals surface area contributed by atoms with Crippen molar-refractivity contribution in [1.29, 1.82) is 0 Å². The minimum absolute atomic E-state index is 0.163. The Bertz CT molecular complexity index is 228. The monoisotopic (exact) mass is 284 g/mol. The molecule has 0 aliphatic carbocycles. The van der Waals surface area contributed by atoms with E-state index >= 15 is 0 Å². The van der Waals surface area contributed by atoms with Crippen LogP contribution in [-0.2, 0) is 14.2 Å². The van der Waals surface area contributed by atoms with Gasteiger partial charge in [-0.05, 0) is 0 Å². The minimum Gasteiger partial charge on any atom is -0.394 e. The first kappa shape index (κ1) is 16.1. The Balaban J connectivity index is 2.35. The second kappa shape index (κ2) is 8.28. The van der Waals surface area contributed by atoms with Crippen molar-refractivity contribution < 1.29 is 34.6 Å². The molecule has 1 saturated heterocycles. The highest BCUT2D eigenvalue weighted by atomic mass is 32.1. The average molecular weight is 284 g/mol. The molecule has 4 N–H and O–H groups in total. The summed E-state index contributed by atoms with van der Waals surface area (Å²) in [6.07, 6.45) is -6.20. The molecule has 1 fully saturated rings. The summed E-state index contributed by atoms with van der Waals surface area (Å²) in [6.45, 7) is 0.480. The van der Waals surface area contributed by atoms with E-state index in [-0.39, 0.29) is 6.61 Å². The van der Waals surface area contributed by atoms with Crippen molar-refractivity contribution >= 4 is 12.6 Å². The number of rotatable bonds is 7. The van der Waals surface area contributed by atoms with E-state index in [0.717, 1.165) is 0 Å². The largest absolute Gasteiger partial charge is 0.394 e. The Morgan fingerprint density at radius 1 is 1.00 bits per heavy atom. The van der Waals surface area contributed by atoms with Gasteiger partial charge in [-0.1, -0.05) is 0 Å². The maximum Gasteiger partial charge on any atom is 0.186 e. The Labute approximate surface area is 111 Å². The second-order valence-electron chi connectivity index (χ2n) is 3.90. The molecular weight excluding hydrogens is 264 g/mol. The van der Waals surface area contributed by atoms with Crippen LogP contribution >= 0.6 is 12.6 Å². The Kier molecular flexibility index (Phi) is 7.42. The van der Waals surface area contributed by atoms with Gasteiger partial charge in [0.15, 0.2) is 6.29 Å². The zero-order chi connectivity index (χ0) is 13.5. The summed E-state index contributed by atoms with van der Waals surface area (Å²) in [4.78, 5) is 0. The Hall–Kier alpha value is 0.0700. The fraction of sp³-hybridized carbons (Fsp3) is 1.00. The van der Waals surface area contributed by atoms with Gasteiger partial charge in [0, 0.05) is 5.75 Å². The molecule has 1 aliphatic rings. The van der Waals surface area contributed by atoms with Crippen molar-refractivity contribution in [1.82, 2.24) is 0 Å². The Morgan fingerprint density at radius 2 is 1.72 bits per heavy atom. The maximum absolute atomic E-state index is 9.63. The van der Waals surface area contributed by atoms with E-state index in [9.17, 15) is 15.3 Å². The summed E-state index contributed by atoms with van der Waals surface area (Å²) in [7, 11) is 0. The quantitative estimate of drug-likeness (QED) is 0.265. The van der Waals surface area contributed by atoms with Crippen LogP contribution in [0, 0.1) is 0 Å². The van der Waals surface area contributed by atoms with Crippen LogP contribution < -0.4 is 0 Å². The van der Waals surface area contributed by atoms with Crippen LogP contribution in [0.2, 0.25) is 0 Å². The summed E-state index contributed by atoms with van der Waals surface area (Å²) in [5, 5.41) is 37.6. The van der Waals surface area contributed by atoms with Crippen molar-refractivity contribution in [3.05, 3.63) is 0 Å². The molecule has 0 aromatic rings. The summed E-state index contributed by atoms with van der Waals surface area (Å²) in [5.41, 5.74) is 0. The number of hydrogen-bond donors (Lipinski definition) is 5. The lowest BCUT2D eigenvalue weighted by atomic mass is 9.99. The lowest BCUT2D eigenvalue weighted by molar-refractivity contribution is -0.302. The van der Waals surface area contributed by atoms with Crippen LogP contribution in [0.25, 0.3) is 0 Å². The first-order valence-corrected chi connectivity index (χ1v) is 6.35. The van der Waals surface area contributed by atoms with Gasteiger partial charge in [-0.15, -0.1) is 0 Å². The number of thiol groups is 1. The highest BCUT2D eigenvalue weighted by Crippen LogP contribution is 2.21. The number of aliphatic hydroxyl groups excluding tert-OH is 4. The molecule has 7 nitrogen and oxygen atoms in total. The first-order chi connectivity index (χ1) is 8.61. The van der Waals surface area contributed by atoms with Crippen molar-refractivity contribution in [3.8, 4) is 0 Å². The highest BCUT2D eigenvalue weighted by molar-refractivity contribution is 7.80. The van der Waals surface area contributed by atoms with E-state index in [2.05, 4.69) is 12.6 Å². The smallest absolute Gasteiger partial charge is 0.186 e. The molecule has 5 atom stereocenters. The van der Waals surface area contributed by atoms with Gasteiger partial charge in [-0.25, -0.2) is 0 Å². The highest BCUT2D eigenvalue weighted by Gasteiger charge is 2.43. The molecule has 0 unspecified atom stereocenters. The van der Waals surface area contributed by atoms with E-state index in [4.69, 9.17) is 19.3 Å². The van der Waals surface area contributed by atoms with E-state index in [1.54, 1.807) is 0 Å². The van der Waals surface area contributed by atoms with Crippen LogP contribution in [-0.4, -0.2) is 83.3 Å². The molecule has 18 heavy (non-hydrogen) atoms. The van der Waals surface area contributed by atoms with Crippen molar-refractivity contribution in [2.24, 2.45) is 0 Å². The molecule has 0 amide bonds. The predicted molar refractivity (Wildman–Crippen MR) is 64.4 cm³/mol. The van der Waals surface area contributed by atoms with E-state index < -0.39 is 37.3 Å². The lowest BCUT2D eigenvalue weighted by Gasteiger charge is -2.39. The lowest BCUT2D eigenvalue weighted by Crippen LogP contribution is -2.59. The van der Waals surface area contributed by atoms with E-state index in [1.807, 2.05) is 0 Å². The van der Waals surface area contributed by atoms with Gasteiger partial charge < -0.3 is 34.6 Å². The van der Waals surface area contributed by atoms with E-state index in [0.29, 0.717) is 19.0 Å². The molecule has 0 bridgehead atoms. The van der Waals surface area contributed by atoms with Gasteiger partial charge in [-0.3, -0.25) is 0 Å². The van der Waals surface area contributed by atoms with Crippen molar-refractivity contribution in [3.63, 3.8) is 0 Å². The van der Waals surface area contributed by atoms with Crippen LogP contribution in [0.3, 0.4) is 0 Å². The average Bonchev–Trinajstić information content (AvgIpc) is 2.38. The van der Waals surface area contributed by atoms with Gasteiger partial charge in [-0.2, -0.15) is 12.6 Å². The minimum atomic E-state index is -1.42. The molecular formula is C10H20O7S. The molecule has 1 heterocycles. The number of hydrogen-bond acceptors (Lipinski definition) is 8. The van der Waals surface area contributed by atoms with Gasteiger partial charge in [0.2, 0.25) is 0 Å². The third-order valence-electron chi connectivity index (χ3n) is 2.59. The predicted octanol–water partition coefficient (Wildman–Crippen LogP) is -2.25. The summed E-state index contributed by atoms with van der Waals surface area (Å²) >= 11 is 3.97. The zero-order valence-electron chi connectivity index (χ0n) is 9.88. The summed E-state index contributed by atoms with van der Waals surface area (Å²) < 4.78 is 15.4. The molecule has 1 rings (SSSR count). The third-order valence-corrected chi connectivity index (χ3v) is 2.78. The molecule has 1 aliphatic heterocycles. The summed E-state index contributed by atoms with van der Waals surface area (Å²) in [6, 6.07) is 0. The van der Waals surface area contributed by atoms with Crippen LogP contribution in [0.15, 0.2) is 0 Å². The number of aliphatic hydroxyl groups is 4. The molecule has 0 spiro atoms. The van der Waals surface area contributed by atoms with Gasteiger partial charge in [0.05, 0.1) is 26.4 Å². The van der Waals surface area contributed by atoms with Crippen LogP contribution in [0.5, 0.6) is 0 Å². The van der Waals surface area contributed by atoms with Gasteiger partial charge in [0.1, 0.15) is 24.4 Å². The molecule has 8 heteroatoms. The van der Waals surface area contributed by atoms with E-state index in [1.165, 1.54) is 0 Å². The normalized spacial score (nSPS) is 36.8. The molecule has 0 radical (unpaired) electrons. The van der Waals surface area contributed by atoms with Crippen molar-refractivity contribution in [2.75, 3.05) is 32.2 Å². The fourth-order valence-electron chi connectivity index (χ4n) is 1.59. The topological polar surface area (TPSA) is 109 Å². The third kappa shape index (κ3) is 4.32. The molecule has 0 aromatic carbocycles. The Morgan fingerprint density at radius 3 is 2.33 bits per heavy atom. The SMILES string of the molecule is OC[C@H]1O[C@@H](OCCOCCS)[C@H](O)[C@@H](O)[C@H]1O. The summed E-state index contributed by atoms with van der Waals surface area (Å²) in [5.74, 6) is 0.597. The standard InChI is InChI=1S/C10H20O7S/c11-5-6-7(12)8(13)9(14)10(17-6)16-2-1-15-3-4-18/h6-14,18H,1-5H2/t6-,7+,8+,9-,10-/m1/s1. The number of ether oxygens (including phenoxy) is 3. The molecule has 108 valence electrons. The van der Waals surface area contributed by atoms with Gasteiger partial charge in [0.25, 0.3) is 0 Å². The first-order valence-electron chi connectivity index (χ1n) is 5.72. The fourth-order valence-corrected chi connectivity index (χ4v) is 1.72. The maximum atomic E-state index is 9.63. The molecule has 0 aromatic heterocycles. The second-order valence-corrected chi connectivity index (χ2v) is 4.35. The van der Waals surface area contributed by atoms with Crippen LogP contribution in [0.4, 0.5) is 0 Å². The molecule has 0 saturated carbocycles.